The number of amides is 1. The van der Waals surface area contributed by atoms with Crippen molar-refractivity contribution in [2.75, 3.05) is 11.4 Å². The molecule has 0 radical (unpaired) electrons. The second kappa shape index (κ2) is 9.56. The van der Waals surface area contributed by atoms with Gasteiger partial charge in [-0.1, -0.05) is 30.3 Å². The molecule has 0 N–H and O–H groups in total. The number of para-hydroxylation sites is 1. The summed E-state index contributed by atoms with van der Waals surface area (Å²) < 4.78 is 46.1. The van der Waals surface area contributed by atoms with Crippen molar-refractivity contribution in [3.05, 3.63) is 95.0 Å². The van der Waals surface area contributed by atoms with E-state index in [1.807, 2.05) is 6.07 Å². The van der Waals surface area contributed by atoms with E-state index in [0.717, 1.165) is 11.3 Å². The monoisotopic (exact) mass is 522 g/mol. The van der Waals surface area contributed by atoms with Gasteiger partial charge in [-0.25, -0.2) is 17.8 Å². The summed E-state index contributed by atoms with van der Waals surface area (Å²) in [4.78, 5) is 19.2. The molecule has 0 atom stereocenters. The zero-order chi connectivity index (χ0) is 26.3. The first kappa shape index (κ1) is 24.8. The van der Waals surface area contributed by atoms with Crippen molar-refractivity contribution in [3.8, 4) is 0 Å². The third-order valence-electron chi connectivity index (χ3n) is 6.71. The Morgan fingerprint density at radius 1 is 1.08 bits per heavy atom. The van der Waals surface area contributed by atoms with Crippen molar-refractivity contribution in [2.24, 2.45) is 14.1 Å². The highest BCUT2D eigenvalue weighted by Gasteiger charge is 2.34. The predicted molar refractivity (Wildman–Crippen MR) is 136 cm³/mol. The van der Waals surface area contributed by atoms with E-state index in [1.165, 1.54) is 33.6 Å². The lowest BCUT2D eigenvalue weighted by Gasteiger charge is -2.27. The van der Waals surface area contributed by atoms with Crippen LogP contribution in [0.1, 0.15) is 33.1 Å². The Balaban J connectivity index is 1.51. The van der Waals surface area contributed by atoms with Crippen molar-refractivity contribution in [2.45, 2.75) is 31.5 Å². The molecule has 192 valence electrons. The van der Waals surface area contributed by atoms with Gasteiger partial charge in [-0.3, -0.25) is 9.48 Å². The van der Waals surface area contributed by atoms with Crippen molar-refractivity contribution in [3.63, 3.8) is 0 Å². The summed E-state index contributed by atoms with van der Waals surface area (Å²) in [6.07, 6.45) is 1.98. The van der Waals surface area contributed by atoms with Gasteiger partial charge in [0, 0.05) is 56.7 Å². The van der Waals surface area contributed by atoms with Gasteiger partial charge < -0.3 is 9.47 Å². The second-order valence-corrected chi connectivity index (χ2v) is 10.9. The largest absolute Gasteiger partial charge is 0.337 e. The third kappa shape index (κ3) is 4.56. The fourth-order valence-electron chi connectivity index (χ4n) is 4.58. The van der Waals surface area contributed by atoms with E-state index in [-0.39, 0.29) is 23.7 Å². The van der Waals surface area contributed by atoms with Gasteiger partial charge in [0.25, 0.3) is 15.9 Å². The molecule has 0 fully saturated rings. The first-order valence-corrected chi connectivity index (χ1v) is 13.3. The molecule has 1 aliphatic heterocycles. The molecule has 2 aromatic heterocycles. The van der Waals surface area contributed by atoms with Gasteiger partial charge in [0.05, 0.1) is 17.8 Å². The molecule has 2 aromatic carbocycles. The number of halogens is 1. The van der Waals surface area contributed by atoms with Crippen molar-refractivity contribution in [1.29, 1.82) is 0 Å². The number of aromatic nitrogens is 4. The van der Waals surface area contributed by atoms with Crippen molar-refractivity contribution < 1.29 is 17.6 Å². The molecule has 0 aliphatic carbocycles. The molecular weight excluding hydrogens is 495 g/mol. The minimum absolute atomic E-state index is 0.00188. The number of benzene rings is 2. The fraction of sp³-hybridized carbons (Fsp3) is 0.269. The topological polar surface area (TPSA) is 93.3 Å². The lowest BCUT2D eigenvalue weighted by molar-refractivity contribution is 0.0980. The standard InChI is InChI=1S/C26H27FN6O3S/c1-18-28-25(17-30(18)2)37(35,36)32-14-13-24-21(15-32)23(29-31(24)3)16-33(19-9-5-4-6-10-19)26(34)20-11-7-8-12-22(20)27/h4-12,17H,13-16H2,1-3H3. The van der Waals surface area contributed by atoms with Gasteiger partial charge in [-0.15, -0.1) is 0 Å². The van der Waals surface area contributed by atoms with Crippen molar-refractivity contribution in [1.82, 2.24) is 23.6 Å². The van der Waals surface area contributed by atoms with E-state index in [4.69, 9.17) is 0 Å². The zero-order valence-corrected chi connectivity index (χ0v) is 21.6. The van der Waals surface area contributed by atoms with Crippen LogP contribution in [0.4, 0.5) is 10.1 Å². The zero-order valence-electron chi connectivity index (χ0n) is 20.8. The number of fused-ring (bicyclic) bond motifs is 1. The number of aryl methyl sites for hydroxylation is 3. The van der Waals surface area contributed by atoms with Crippen molar-refractivity contribution >= 4 is 21.6 Å². The Morgan fingerprint density at radius 2 is 1.78 bits per heavy atom. The molecular formula is C26H27FN6O3S. The first-order chi connectivity index (χ1) is 17.7. The summed E-state index contributed by atoms with van der Waals surface area (Å²) >= 11 is 0. The maximum Gasteiger partial charge on any atom is 0.262 e. The molecule has 0 bridgehead atoms. The highest BCUT2D eigenvalue weighted by molar-refractivity contribution is 7.89. The number of carbonyl (C=O) groups is 1. The molecule has 5 rings (SSSR count). The molecule has 4 aromatic rings. The van der Waals surface area contributed by atoms with E-state index < -0.39 is 21.7 Å². The highest BCUT2D eigenvalue weighted by Crippen LogP contribution is 2.29. The summed E-state index contributed by atoms with van der Waals surface area (Å²) in [7, 11) is -0.270. The Labute approximate surface area is 214 Å². The van der Waals surface area contributed by atoms with E-state index in [9.17, 15) is 17.6 Å². The van der Waals surface area contributed by atoms with Crippen LogP contribution in [0.3, 0.4) is 0 Å². The minimum Gasteiger partial charge on any atom is -0.337 e. The molecule has 1 aliphatic rings. The Hall–Kier alpha value is -3.83. The Morgan fingerprint density at radius 3 is 2.46 bits per heavy atom. The molecule has 11 heteroatoms. The van der Waals surface area contributed by atoms with Crippen LogP contribution >= 0.6 is 0 Å². The lowest BCUT2D eigenvalue weighted by atomic mass is 10.1. The predicted octanol–water partition coefficient (Wildman–Crippen LogP) is 3.20. The van der Waals surface area contributed by atoms with Crippen LogP contribution in [0.25, 0.3) is 0 Å². The smallest absolute Gasteiger partial charge is 0.262 e. The number of sulfonamides is 1. The number of hydrogen-bond acceptors (Lipinski definition) is 5. The fourth-order valence-corrected chi connectivity index (χ4v) is 6.01. The third-order valence-corrected chi connectivity index (χ3v) is 8.42. The van der Waals surface area contributed by atoms with Gasteiger partial charge in [-0.05, 0) is 31.2 Å². The summed E-state index contributed by atoms with van der Waals surface area (Å²) in [5, 5.41) is 4.65. The number of imidazole rings is 1. The highest BCUT2D eigenvalue weighted by atomic mass is 32.2. The summed E-state index contributed by atoms with van der Waals surface area (Å²) in [5.74, 6) is -0.518. The molecule has 0 saturated carbocycles. The molecule has 9 nitrogen and oxygen atoms in total. The van der Waals surface area contributed by atoms with Gasteiger partial charge in [0.15, 0.2) is 5.03 Å². The number of rotatable bonds is 6. The van der Waals surface area contributed by atoms with Gasteiger partial charge >= 0.3 is 0 Å². The number of carbonyl (C=O) groups excluding carboxylic acids is 1. The van der Waals surface area contributed by atoms with Gasteiger partial charge in [0.1, 0.15) is 11.6 Å². The molecule has 1 amide bonds. The van der Waals surface area contributed by atoms with Crippen LogP contribution < -0.4 is 4.90 Å². The van der Waals surface area contributed by atoms with Crippen LogP contribution in [0.5, 0.6) is 0 Å². The summed E-state index contributed by atoms with van der Waals surface area (Å²) in [6, 6.07) is 14.8. The maximum absolute atomic E-state index is 14.6. The van der Waals surface area contributed by atoms with Gasteiger partial charge in [-0.2, -0.15) is 9.40 Å². The Kier molecular flexibility index (Phi) is 6.42. The first-order valence-electron chi connectivity index (χ1n) is 11.8. The van der Waals surface area contributed by atoms with E-state index in [1.54, 1.807) is 60.6 Å². The average Bonchev–Trinajstić information content (AvgIpc) is 3.41. The van der Waals surface area contributed by atoms with E-state index in [0.29, 0.717) is 30.2 Å². The summed E-state index contributed by atoms with van der Waals surface area (Å²) in [5.41, 5.74) is 2.74. The van der Waals surface area contributed by atoms with Crippen LogP contribution in [0.2, 0.25) is 0 Å². The van der Waals surface area contributed by atoms with E-state index >= 15 is 0 Å². The molecule has 3 heterocycles. The minimum atomic E-state index is -3.83. The number of hydrogen-bond donors (Lipinski definition) is 0. The van der Waals surface area contributed by atoms with Crippen LogP contribution in [0.15, 0.2) is 65.8 Å². The number of nitrogens with zero attached hydrogens (tertiary/aromatic N) is 6. The molecule has 0 unspecified atom stereocenters. The number of anilines is 1. The maximum atomic E-state index is 14.6. The van der Waals surface area contributed by atoms with Crippen LogP contribution in [0, 0.1) is 12.7 Å². The molecule has 0 spiro atoms. The normalized spacial score (nSPS) is 13.9. The molecule has 37 heavy (non-hydrogen) atoms. The molecule has 0 saturated heterocycles. The SMILES string of the molecule is Cc1nc(S(=O)(=O)N2CCc3c(c(CN(C(=O)c4ccccc4F)c4ccccc4)nn3C)C2)cn1C. The Bertz CT molecular complexity index is 1560. The quantitative estimate of drug-likeness (QED) is 0.388. The van der Waals surface area contributed by atoms with Crippen LogP contribution in [-0.4, -0.2) is 44.5 Å². The van der Waals surface area contributed by atoms with Crippen LogP contribution in [-0.2, 0) is 43.6 Å². The van der Waals surface area contributed by atoms with E-state index in [2.05, 4.69) is 10.1 Å². The average molecular weight is 523 g/mol. The van der Waals surface area contributed by atoms with Gasteiger partial charge in [0.2, 0.25) is 0 Å². The lowest BCUT2D eigenvalue weighted by Crippen LogP contribution is -2.37. The second-order valence-electron chi connectivity index (χ2n) is 9.03. The summed E-state index contributed by atoms with van der Waals surface area (Å²) in [6.45, 7) is 2.20.